The largest absolute Gasteiger partial charge is 0.466 e. The molecule has 0 aromatic rings. The predicted octanol–water partition coefficient (Wildman–Crippen LogP) is 2.93. The van der Waals surface area contributed by atoms with Gasteiger partial charge in [-0.25, -0.2) is 0 Å². The topological polar surface area (TPSA) is 96.4 Å². The highest BCUT2D eigenvalue weighted by Crippen LogP contribution is 2.65. The molecule has 3 unspecified atom stereocenters. The van der Waals surface area contributed by atoms with Gasteiger partial charge in [-0.2, -0.15) is 0 Å². The van der Waals surface area contributed by atoms with Crippen LogP contribution in [0.5, 0.6) is 0 Å². The Morgan fingerprint density at radius 1 is 1.26 bits per heavy atom. The van der Waals surface area contributed by atoms with E-state index in [-0.39, 0.29) is 30.9 Å². The van der Waals surface area contributed by atoms with Gasteiger partial charge in [0.15, 0.2) is 0 Å². The van der Waals surface area contributed by atoms with Crippen molar-refractivity contribution in [3.05, 3.63) is 12.7 Å². The molecule has 8 heteroatoms. The second-order valence-electron chi connectivity index (χ2n) is 10.6. The maximum Gasteiger partial charge on any atom is 0.312 e. The number of unbranched alkanes of at least 4 members (excludes halogenated alkanes) is 4. The summed E-state index contributed by atoms with van der Waals surface area (Å²) in [4.78, 5) is 44.7. The lowest BCUT2D eigenvalue weighted by atomic mass is 9.62. The minimum Gasteiger partial charge on any atom is -0.466 e. The van der Waals surface area contributed by atoms with Gasteiger partial charge in [0.1, 0.15) is 17.6 Å². The minimum atomic E-state index is -1.04. The van der Waals surface area contributed by atoms with Crippen LogP contribution in [0.2, 0.25) is 0 Å². The number of nitrogens with zero attached hydrogens (tertiary/aromatic N) is 2. The van der Waals surface area contributed by atoms with Crippen molar-refractivity contribution >= 4 is 17.8 Å². The van der Waals surface area contributed by atoms with E-state index in [0.29, 0.717) is 38.9 Å². The third-order valence-electron chi connectivity index (χ3n) is 8.34. The van der Waals surface area contributed by atoms with E-state index in [9.17, 15) is 19.5 Å². The molecule has 6 atom stereocenters. The average molecular weight is 493 g/mol. The smallest absolute Gasteiger partial charge is 0.312 e. The molecular formula is C27H44N2O6. The summed E-state index contributed by atoms with van der Waals surface area (Å²) < 4.78 is 12.1. The summed E-state index contributed by atoms with van der Waals surface area (Å²) in [5.41, 5.74) is -1.89. The molecule has 198 valence electrons. The molecule has 3 aliphatic rings. The standard InChI is InChI=1S/C27H44N2O6/c1-6-9-11-15-28(14-7-2)24(32)22-27-18-19(4)26(5,35-27)21(25(33)34-8-3)20(27)23(31)29(22)16-12-10-13-17-30/h7,19-22,30H,2,6,8-18H2,1,3-5H3/t19?,20-,21-,22?,26+,27?/m0/s1. The van der Waals surface area contributed by atoms with Crippen LogP contribution >= 0.6 is 0 Å². The minimum absolute atomic E-state index is 0.00135. The summed E-state index contributed by atoms with van der Waals surface area (Å²) in [5.74, 6) is -2.19. The van der Waals surface area contributed by atoms with Gasteiger partial charge in [0.05, 0.1) is 18.1 Å². The zero-order valence-electron chi connectivity index (χ0n) is 22.0. The molecule has 1 N–H and O–H groups in total. The second-order valence-corrected chi connectivity index (χ2v) is 10.6. The summed E-state index contributed by atoms with van der Waals surface area (Å²) in [5, 5.41) is 9.18. The molecule has 0 radical (unpaired) electrons. The van der Waals surface area contributed by atoms with Crippen LogP contribution in [0.3, 0.4) is 0 Å². The molecular weight excluding hydrogens is 448 g/mol. The number of fused-ring (bicyclic) bond motifs is 1. The third kappa shape index (κ3) is 4.76. The number of hydrogen-bond acceptors (Lipinski definition) is 6. The number of rotatable bonds is 14. The van der Waals surface area contributed by atoms with E-state index in [1.165, 1.54) is 0 Å². The van der Waals surface area contributed by atoms with Crippen LogP contribution in [-0.2, 0) is 23.9 Å². The molecule has 0 aliphatic carbocycles. The zero-order chi connectivity index (χ0) is 25.8. The van der Waals surface area contributed by atoms with E-state index >= 15 is 0 Å². The van der Waals surface area contributed by atoms with Crippen molar-refractivity contribution in [2.45, 2.75) is 89.9 Å². The molecule has 2 bridgehead atoms. The van der Waals surface area contributed by atoms with Crippen molar-refractivity contribution in [2.24, 2.45) is 17.8 Å². The van der Waals surface area contributed by atoms with E-state index in [1.54, 1.807) is 22.8 Å². The number of amides is 2. The van der Waals surface area contributed by atoms with Crippen LogP contribution in [0.1, 0.15) is 72.6 Å². The Morgan fingerprint density at radius 2 is 2.00 bits per heavy atom. The van der Waals surface area contributed by atoms with E-state index in [4.69, 9.17) is 9.47 Å². The van der Waals surface area contributed by atoms with Crippen molar-refractivity contribution < 1.29 is 29.0 Å². The average Bonchev–Trinajstić information content (AvgIpc) is 3.33. The lowest BCUT2D eigenvalue weighted by Crippen LogP contribution is -2.56. The highest BCUT2D eigenvalue weighted by Gasteiger charge is 2.80. The first-order valence-electron chi connectivity index (χ1n) is 13.4. The fourth-order valence-corrected chi connectivity index (χ4v) is 6.59. The maximum absolute atomic E-state index is 14.2. The van der Waals surface area contributed by atoms with Gasteiger partial charge in [-0.15, -0.1) is 6.58 Å². The molecule has 1 spiro atoms. The van der Waals surface area contributed by atoms with Gasteiger partial charge in [0.2, 0.25) is 11.8 Å². The van der Waals surface area contributed by atoms with Crippen molar-refractivity contribution in [3.8, 4) is 0 Å². The SMILES string of the molecule is C=CCN(CCCCC)C(=O)C1N(CCCCCO)C(=O)[C@@H]2[C@@H](C(=O)OCC)[C@]3(C)OC12CC3C. The summed E-state index contributed by atoms with van der Waals surface area (Å²) in [6, 6.07) is -0.778. The molecule has 35 heavy (non-hydrogen) atoms. The Kier molecular flexibility index (Phi) is 9.02. The Hall–Kier alpha value is -1.93. The van der Waals surface area contributed by atoms with Crippen LogP contribution in [0.25, 0.3) is 0 Å². The molecule has 3 aliphatic heterocycles. The van der Waals surface area contributed by atoms with Gasteiger partial charge in [-0.05, 0) is 51.9 Å². The summed E-state index contributed by atoms with van der Waals surface area (Å²) in [6.07, 6.45) is 7.28. The number of hydrogen-bond donors (Lipinski definition) is 1. The van der Waals surface area contributed by atoms with Crippen LogP contribution in [0.4, 0.5) is 0 Å². The molecule has 0 saturated carbocycles. The number of ether oxygens (including phenoxy) is 2. The Labute approximate surface area is 210 Å². The molecule has 8 nitrogen and oxygen atoms in total. The van der Waals surface area contributed by atoms with Gasteiger partial charge in [0, 0.05) is 26.2 Å². The van der Waals surface area contributed by atoms with Crippen molar-refractivity contribution in [1.29, 1.82) is 0 Å². The van der Waals surface area contributed by atoms with Crippen LogP contribution in [-0.4, -0.2) is 82.8 Å². The Bertz CT molecular complexity index is 803. The highest BCUT2D eigenvalue weighted by molar-refractivity contribution is 5.98. The highest BCUT2D eigenvalue weighted by atomic mass is 16.6. The summed E-state index contributed by atoms with van der Waals surface area (Å²) in [7, 11) is 0. The quantitative estimate of drug-likeness (QED) is 0.228. The number of carbonyl (C=O) groups is 3. The van der Waals surface area contributed by atoms with E-state index < -0.39 is 35.0 Å². The monoisotopic (exact) mass is 492 g/mol. The maximum atomic E-state index is 14.2. The molecule has 3 saturated heterocycles. The third-order valence-corrected chi connectivity index (χ3v) is 8.34. The normalized spacial score (nSPS) is 33.2. The first-order chi connectivity index (χ1) is 16.7. The van der Waals surface area contributed by atoms with Crippen molar-refractivity contribution in [3.63, 3.8) is 0 Å². The van der Waals surface area contributed by atoms with Crippen molar-refractivity contribution in [2.75, 3.05) is 32.8 Å². The molecule has 3 heterocycles. The lowest BCUT2D eigenvalue weighted by Gasteiger charge is -2.37. The number of likely N-dealkylation sites (tertiary alicyclic amines) is 1. The fraction of sp³-hybridized carbons (Fsp3) is 0.815. The van der Waals surface area contributed by atoms with Crippen LogP contribution < -0.4 is 0 Å². The fourth-order valence-electron chi connectivity index (χ4n) is 6.59. The number of aliphatic hydroxyl groups is 1. The molecule has 0 aromatic carbocycles. The summed E-state index contributed by atoms with van der Waals surface area (Å²) >= 11 is 0. The van der Waals surface area contributed by atoms with E-state index in [2.05, 4.69) is 13.5 Å². The van der Waals surface area contributed by atoms with Crippen LogP contribution in [0.15, 0.2) is 12.7 Å². The van der Waals surface area contributed by atoms with Gasteiger partial charge in [-0.3, -0.25) is 14.4 Å². The summed E-state index contributed by atoms with van der Waals surface area (Å²) in [6.45, 7) is 13.4. The second kappa shape index (κ2) is 11.4. The van der Waals surface area contributed by atoms with E-state index in [0.717, 1.165) is 25.7 Å². The van der Waals surface area contributed by atoms with Gasteiger partial charge >= 0.3 is 5.97 Å². The van der Waals surface area contributed by atoms with Crippen molar-refractivity contribution in [1.82, 2.24) is 9.80 Å². The lowest BCUT2D eigenvalue weighted by molar-refractivity contribution is -0.161. The van der Waals surface area contributed by atoms with Crippen LogP contribution in [0, 0.1) is 17.8 Å². The Morgan fingerprint density at radius 3 is 2.63 bits per heavy atom. The number of esters is 1. The van der Waals surface area contributed by atoms with Gasteiger partial charge in [-0.1, -0.05) is 32.8 Å². The first-order valence-corrected chi connectivity index (χ1v) is 13.4. The molecule has 0 aromatic heterocycles. The molecule has 2 amide bonds. The molecule has 3 fully saturated rings. The number of carbonyl (C=O) groups excluding carboxylic acids is 3. The number of aliphatic hydroxyl groups excluding tert-OH is 1. The molecule has 3 rings (SSSR count). The van der Waals surface area contributed by atoms with Gasteiger partial charge < -0.3 is 24.4 Å². The van der Waals surface area contributed by atoms with E-state index in [1.807, 2.05) is 13.8 Å². The van der Waals surface area contributed by atoms with Gasteiger partial charge in [0.25, 0.3) is 0 Å². The predicted molar refractivity (Wildman–Crippen MR) is 132 cm³/mol. The zero-order valence-corrected chi connectivity index (χ0v) is 22.0. The first kappa shape index (κ1) is 27.7. The Balaban J connectivity index is 2.01.